The van der Waals surface area contributed by atoms with Crippen molar-refractivity contribution in [3.05, 3.63) is 95.1 Å². The molecule has 0 radical (unpaired) electrons. The van der Waals surface area contributed by atoms with Crippen LogP contribution in [-0.2, 0) is 21.4 Å². The molecule has 1 fully saturated rings. The Balaban J connectivity index is 1.59. The SMILES string of the molecule is CCCc1ccc(C(=O)[C@H]2[C@@H](C(C)=O)N3c4ccc(OC)cc4C=C[C@@H]3[C@]23C(=O)Nc2ccccc23)cc1. The quantitative estimate of drug-likeness (QED) is 0.465. The van der Waals surface area contributed by atoms with E-state index in [1.807, 2.05) is 83.8 Å². The summed E-state index contributed by atoms with van der Waals surface area (Å²) in [5.74, 6) is -0.813. The molecule has 3 heterocycles. The van der Waals surface area contributed by atoms with Crippen molar-refractivity contribution in [3.63, 3.8) is 0 Å². The number of carbonyl (C=O) groups excluding carboxylic acids is 3. The number of hydrogen-bond acceptors (Lipinski definition) is 5. The molecule has 3 aromatic carbocycles. The molecule has 192 valence electrons. The molecular formula is C32H30N2O4. The molecule has 1 amide bonds. The smallest absolute Gasteiger partial charge is 0.238 e. The van der Waals surface area contributed by atoms with E-state index in [1.165, 1.54) is 6.92 Å². The monoisotopic (exact) mass is 506 g/mol. The molecule has 0 bridgehead atoms. The Bertz CT molecular complexity index is 1490. The number of benzene rings is 3. The molecule has 38 heavy (non-hydrogen) atoms. The first-order valence-electron chi connectivity index (χ1n) is 13.1. The van der Waals surface area contributed by atoms with Gasteiger partial charge in [0.05, 0.1) is 25.1 Å². The molecule has 3 aliphatic heterocycles. The number of anilines is 2. The number of ketones is 2. The number of nitrogens with zero attached hydrogens (tertiary/aromatic N) is 1. The average Bonchev–Trinajstić information content (AvgIpc) is 3.41. The zero-order valence-electron chi connectivity index (χ0n) is 21.7. The summed E-state index contributed by atoms with van der Waals surface area (Å²) in [5.41, 5.74) is 3.53. The minimum atomic E-state index is -1.26. The highest BCUT2D eigenvalue weighted by molar-refractivity contribution is 6.16. The molecule has 1 spiro atoms. The van der Waals surface area contributed by atoms with Gasteiger partial charge < -0.3 is 15.0 Å². The number of ether oxygens (including phenoxy) is 1. The van der Waals surface area contributed by atoms with Crippen LogP contribution in [0.5, 0.6) is 5.75 Å². The van der Waals surface area contributed by atoms with Crippen LogP contribution in [0.2, 0.25) is 0 Å². The van der Waals surface area contributed by atoms with Gasteiger partial charge in [-0.05, 0) is 48.7 Å². The lowest BCUT2D eigenvalue weighted by Crippen LogP contribution is -2.51. The fourth-order valence-corrected chi connectivity index (χ4v) is 6.74. The summed E-state index contributed by atoms with van der Waals surface area (Å²) < 4.78 is 5.43. The number of hydrogen-bond donors (Lipinski definition) is 1. The molecule has 1 N–H and O–H groups in total. The van der Waals surface area contributed by atoms with Gasteiger partial charge >= 0.3 is 0 Å². The van der Waals surface area contributed by atoms with Gasteiger partial charge in [0.2, 0.25) is 5.91 Å². The summed E-state index contributed by atoms with van der Waals surface area (Å²) in [6, 6.07) is 19.5. The highest BCUT2D eigenvalue weighted by Gasteiger charge is 2.69. The fraction of sp³-hybridized carbons (Fsp3) is 0.281. The van der Waals surface area contributed by atoms with Gasteiger partial charge in [-0.25, -0.2) is 0 Å². The van der Waals surface area contributed by atoms with Crippen LogP contribution in [0.3, 0.4) is 0 Å². The summed E-state index contributed by atoms with van der Waals surface area (Å²) in [4.78, 5) is 44.1. The van der Waals surface area contributed by atoms with Crippen LogP contribution >= 0.6 is 0 Å². The topological polar surface area (TPSA) is 75.7 Å². The molecule has 3 aromatic rings. The van der Waals surface area contributed by atoms with Crippen molar-refractivity contribution >= 4 is 34.9 Å². The van der Waals surface area contributed by atoms with Crippen LogP contribution in [0.15, 0.2) is 72.8 Å². The minimum absolute atomic E-state index is 0.151. The van der Waals surface area contributed by atoms with Crippen LogP contribution in [-0.4, -0.2) is 36.7 Å². The number of amides is 1. The van der Waals surface area contributed by atoms with E-state index in [2.05, 4.69) is 12.2 Å². The van der Waals surface area contributed by atoms with Crippen molar-refractivity contribution in [1.82, 2.24) is 0 Å². The number of para-hydroxylation sites is 1. The second-order valence-corrected chi connectivity index (χ2v) is 10.3. The number of aryl methyl sites for hydroxylation is 1. The van der Waals surface area contributed by atoms with Gasteiger partial charge in [-0.1, -0.05) is 68.0 Å². The predicted octanol–water partition coefficient (Wildman–Crippen LogP) is 5.21. The minimum Gasteiger partial charge on any atom is -0.497 e. The Labute approximate surface area is 222 Å². The number of fused-ring (bicyclic) bond motifs is 6. The van der Waals surface area contributed by atoms with E-state index in [0.717, 1.165) is 35.2 Å². The lowest BCUT2D eigenvalue weighted by molar-refractivity contribution is -0.122. The van der Waals surface area contributed by atoms with Gasteiger partial charge in [-0.2, -0.15) is 0 Å². The van der Waals surface area contributed by atoms with Gasteiger partial charge in [-0.3, -0.25) is 14.4 Å². The maximum absolute atomic E-state index is 14.5. The van der Waals surface area contributed by atoms with Gasteiger partial charge in [0.25, 0.3) is 0 Å². The van der Waals surface area contributed by atoms with E-state index in [4.69, 9.17) is 4.74 Å². The summed E-state index contributed by atoms with van der Waals surface area (Å²) in [7, 11) is 1.61. The van der Waals surface area contributed by atoms with Gasteiger partial charge in [0.15, 0.2) is 11.6 Å². The van der Waals surface area contributed by atoms with Gasteiger partial charge in [-0.15, -0.1) is 0 Å². The number of Topliss-reactive ketones (excluding diaryl/α,β-unsaturated/α-hetero) is 2. The summed E-state index contributed by atoms with van der Waals surface area (Å²) >= 11 is 0. The first-order chi connectivity index (χ1) is 18.4. The molecule has 0 saturated carbocycles. The molecule has 6 heteroatoms. The second kappa shape index (κ2) is 8.98. The van der Waals surface area contributed by atoms with Crippen molar-refractivity contribution in [3.8, 4) is 5.75 Å². The number of methoxy groups -OCH3 is 1. The molecule has 0 aliphatic carbocycles. The molecule has 6 nitrogen and oxygen atoms in total. The number of nitrogens with one attached hydrogen (secondary N) is 1. The third-order valence-electron chi connectivity index (χ3n) is 8.32. The zero-order chi connectivity index (χ0) is 26.6. The van der Waals surface area contributed by atoms with Crippen LogP contribution in [0.4, 0.5) is 11.4 Å². The van der Waals surface area contributed by atoms with E-state index < -0.39 is 23.4 Å². The summed E-state index contributed by atoms with van der Waals surface area (Å²) in [6.45, 7) is 3.64. The van der Waals surface area contributed by atoms with Crippen LogP contribution in [0, 0.1) is 5.92 Å². The first kappa shape index (κ1) is 24.2. The molecule has 0 unspecified atom stereocenters. The first-order valence-corrected chi connectivity index (χ1v) is 13.1. The molecule has 3 aliphatic rings. The third-order valence-corrected chi connectivity index (χ3v) is 8.32. The maximum atomic E-state index is 14.5. The van der Waals surface area contributed by atoms with Crippen molar-refractivity contribution in [1.29, 1.82) is 0 Å². The van der Waals surface area contributed by atoms with Crippen LogP contribution < -0.4 is 15.0 Å². The highest BCUT2D eigenvalue weighted by atomic mass is 16.5. The molecule has 4 atom stereocenters. The Kier molecular flexibility index (Phi) is 5.71. The normalized spacial score (nSPS) is 24.6. The fourth-order valence-electron chi connectivity index (χ4n) is 6.74. The molecule has 6 rings (SSSR count). The van der Waals surface area contributed by atoms with Crippen molar-refractivity contribution in [2.45, 2.75) is 44.2 Å². The second-order valence-electron chi connectivity index (χ2n) is 10.3. The Morgan fingerprint density at radius 2 is 1.82 bits per heavy atom. The van der Waals surface area contributed by atoms with Gasteiger partial charge in [0, 0.05) is 22.5 Å². The van der Waals surface area contributed by atoms with E-state index >= 15 is 0 Å². The van der Waals surface area contributed by atoms with E-state index in [-0.39, 0.29) is 17.5 Å². The zero-order valence-corrected chi connectivity index (χ0v) is 21.7. The highest BCUT2D eigenvalue weighted by Crippen LogP contribution is 2.57. The van der Waals surface area contributed by atoms with E-state index in [0.29, 0.717) is 17.0 Å². The lowest BCUT2D eigenvalue weighted by Gasteiger charge is -2.37. The maximum Gasteiger partial charge on any atom is 0.238 e. The largest absolute Gasteiger partial charge is 0.497 e. The lowest BCUT2D eigenvalue weighted by atomic mass is 9.64. The summed E-state index contributed by atoms with van der Waals surface area (Å²) in [5, 5.41) is 3.04. The Hall–Kier alpha value is -4.19. The Morgan fingerprint density at radius 3 is 2.53 bits per heavy atom. The Morgan fingerprint density at radius 1 is 1.05 bits per heavy atom. The van der Waals surface area contributed by atoms with Crippen molar-refractivity contribution < 1.29 is 19.1 Å². The van der Waals surface area contributed by atoms with E-state index in [1.54, 1.807) is 7.11 Å². The predicted molar refractivity (Wildman–Crippen MR) is 148 cm³/mol. The van der Waals surface area contributed by atoms with Crippen LogP contribution in [0.1, 0.15) is 47.3 Å². The molecule has 0 aromatic heterocycles. The molecular weight excluding hydrogens is 476 g/mol. The third kappa shape index (κ3) is 3.29. The number of carbonyl (C=O) groups is 3. The van der Waals surface area contributed by atoms with Crippen molar-refractivity contribution in [2.75, 3.05) is 17.3 Å². The van der Waals surface area contributed by atoms with Crippen LogP contribution in [0.25, 0.3) is 6.08 Å². The number of rotatable bonds is 6. The average molecular weight is 507 g/mol. The molecule has 1 saturated heterocycles. The standard InChI is InChI=1S/C32H30N2O4/c1-4-7-20-10-12-21(13-11-20)30(36)28-29(19(2)35)34-26-16-15-23(38-3)18-22(26)14-17-27(34)32(28)24-8-5-6-9-25(24)33-31(32)37/h5-6,8-18,27-29H,4,7H2,1-3H3,(H,33,37)/t27-,28-,29-,32+/m1/s1. The van der Waals surface area contributed by atoms with Crippen molar-refractivity contribution in [2.24, 2.45) is 5.92 Å². The van der Waals surface area contributed by atoms with E-state index in [9.17, 15) is 14.4 Å². The summed E-state index contributed by atoms with van der Waals surface area (Å²) in [6.07, 6.45) is 5.87. The van der Waals surface area contributed by atoms with Gasteiger partial charge in [0.1, 0.15) is 11.2 Å².